The standard InChI is InChI=1S/C14H11BrFNO4S/c1-8-2-5-13(11(15)6-8)17-22(20,21)9-3-4-12(16)10(7-9)14(18)19/h2-7,17H,1H3,(H,18,19)/p-1. The number of hydrogen-bond acceptors (Lipinski definition) is 4. The number of anilines is 1. The molecule has 0 spiro atoms. The highest BCUT2D eigenvalue weighted by atomic mass is 79.9. The van der Waals surface area contributed by atoms with Gasteiger partial charge in [-0.25, -0.2) is 12.8 Å². The van der Waals surface area contributed by atoms with Gasteiger partial charge >= 0.3 is 0 Å². The summed E-state index contributed by atoms with van der Waals surface area (Å²) in [5.41, 5.74) is 0.395. The molecule has 0 radical (unpaired) electrons. The van der Waals surface area contributed by atoms with Gasteiger partial charge in [0.05, 0.1) is 16.6 Å². The SMILES string of the molecule is Cc1ccc(NS(=O)(=O)c2ccc(F)c(C(=O)[O-])c2)c(Br)c1. The number of hydrogen-bond donors (Lipinski definition) is 1. The molecule has 0 heterocycles. The third-order valence-electron chi connectivity index (χ3n) is 2.84. The van der Waals surface area contributed by atoms with Gasteiger partial charge in [-0.3, -0.25) is 4.72 Å². The zero-order valence-electron chi connectivity index (χ0n) is 11.3. The summed E-state index contributed by atoms with van der Waals surface area (Å²) in [4.78, 5) is 10.4. The Bertz CT molecular complexity index is 852. The van der Waals surface area contributed by atoms with Gasteiger partial charge in [-0.15, -0.1) is 0 Å². The zero-order chi connectivity index (χ0) is 16.5. The first-order chi connectivity index (χ1) is 10.2. The number of nitrogens with one attached hydrogen (secondary N) is 1. The average molecular weight is 387 g/mol. The van der Waals surface area contributed by atoms with E-state index in [9.17, 15) is 22.7 Å². The van der Waals surface area contributed by atoms with Gasteiger partial charge in [0.15, 0.2) is 0 Å². The second-order valence-electron chi connectivity index (χ2n) is 4.52. The van der Waals surface area contributed by atoms with E-state index in [0.717, 1.165) is 23.8 Å². The summed E-state index contributed by atoms with van der Waals surface area (Å²) in [5, 5.41) is 10.8. The van der Waals surface area contributed by atoms with Crippen molar-refractivity contribution in [1.29, 1.82) is 0 Å². The normalized spacial score (nSPS) is 11.2. The van der Waals surface area contributed by atoms with Crippen molar-refractivity contribution in [3.8, 4) is 0 Å². The number of halogens is 2. The molecule has 0 saturated heterocycles. The summed E-state index contributed by atoms with van der Waals surface area (Å²) in [7, 11) is -4.06. The van der Waals surface area contributed by atoms with Crippen molar-refractivity contribution in [3.63, 3.8) is 0 Å². The van der Waals surface area contributed by atoms with Crippen molar-refractivity contribution >= 4 is 37.6 Å². The molecule has 0 unspecified atom stereocenters. The molecule has 0 amide bonds. The number of benzene rings is 2. The molecule has 116 valence electrons. The molecule has 1 N–H and O–H groups in total. The summed E-state index contributed by atoms with van der Waals surface area (Å²) in [6, 6.07) is 7.44. The smallest absolute Gasteiger partial charge is 0.261 e. The number of carbonyl (C=O) groups excluding carboxylic acids is 1. The number of carboxylic acids is 1. The maximum atomic E-state index is 13.3. The minimum Gasteiger partial charge on any atom is -0.545 e. The van der Waals surface area contributed by atoms with E-state index in [2.05, 4.69) is 20.7 Å². The fraction of sp³-hybridized carbons (Fsp3) is 0.0714. The van der Waals surface area contributed by atoms with Gasteiger partial charge in [0.25, 0.3) is 10.0 Å². The monoisotopic (exact) mass is 386 g/mol. The van der Waals surface area contributed by atoms with Crippen LogP contribution in [-0.2, 0) is 10.0 Å². The van der Waals surface area contributed by atoms with Crippen molar-refractivity contribution in [1.82, 2.24) is 0 Å². The Kier molecular flexibility index (Phi) is 4.52. The van der Waals surface area contributed by atoms with Crippen LogP contribution >= 0.6 is 15.9 Å². The molecule has 2 rings (SSSR count). The molecule has 0 atom stereocenters. The predicted molar refractivity (Wildman–Crippen MR) is 80.4 cm³/mol. The molecule has 0 bridgehead atoms. The van der Waals surface area contributed by atoms with Crippen molar-refractivity contribution in [2.24, 2.45) is 0 Å². The Hall–Kier alpha value is -1.93. The van der Waals surface area contributed by atoms with E-state index in [1.54, 1.807) is 18.2 Å². The van der Waals surface area contributed by atoms with Crippen molar-refractivity contribution in [3.05, 3.63) is 57.8 Å². The van der Waals surface area contributed by atoms with Gasteiger partial charge in [0.2, 0.25) is 0 Å². The summed E-state index contributed by atoms with van der Waals surface area (Å²) in [5.74, 6) is -2.85. The van der Waals surface area contributed by atoms with E-state index in [4.69, 9.17) is 0 Å². The maximum absolute atomic E-state index is 13.3. The van der Waals surface area contributed by atoms with E-state index >= 15 is 0 Å². The van der Waals surface area contributed by atoms with Crippen LogP contribution in [0.1, 0.15) is 15.9 Å². The topological polar surface area (TPSA) is 86.3 Å². The molecule has 8 heteroatoms. The lowest BCUT2D eigenvalue weighted by atomic mass is 10.2. The van der Waals surface area contributed by atoms with Crippen LogP contribution in [0.15, 0.2) is 45.8 Å². The van der Waals surface area contributed by atoms with Crippen molar-refractivity contribution in [2.75, 3.05) is 4.72 Å². The lowest BCUT2D eigenvalue weighted by Gasteiger charge is -2.12. The first-order valence-electron chi connectivity index (χ1n) is 6.00. The molecule has 0 aliphatic heterocycles. The number of sulfonamides is 1. The van der Waals surface area contributed by atoms with E-state index in [1.165, 1.54) is 0 Å². The van der Waals surface area contributed by atoms with E-state index in [0.29, 0.717) is 4.47 Å². The molecule has 2 aromatic rings. The summed E-state index contributed by atoms with van der Waals surface area (Å²) in [6.07, 6.45) is 0. The molecule has 0 aliphatic carbocycles. The average Bonchev–Trinajstić information content (AvgIpc) is 2.42. The Balaban J connectivity index is 2.42. The van der Waals surface area contributed by atoms with Crippen LogP contribution in [0.3, 0.4) is 0 Å². The number of aromatic carboxylic acids is 1. The summed E-state index contributed by atoms with van der Waals surface area (Å²) < 4.78 is 40.6. The highest BCUT2D eigenvalue weighted by Gasteiger charge is 2.18. The summed E-state index contributed by atoms with van der Waals surface area (Å²) >= 11 is 3.23. The molecule has 0 aromatic heterocycles. The van der Waals surface area contributed by atoms with Crippen LogP contribution in [0.5, 0.6) is 0 Å². The minimum absolute atomic E-state index is 0.282. The molecule has 5 nitrogen and oxygen atoms in total. The highest BCUT2D eigenvalue weighted by Crippen LogP contribution is 2.26. The quantitative estimate of drug-likeness (QED) is 0.870. The van der Waals surface area contributed by atoms with Gasteiger partial charge in [0.1, 0.15) is 5.82 Å². The number of carboxylic acid groups (broad SMARTS) is 1. The fourth-order valence-corrected chi connectivity index (χ4v) is 3.56. The minimum atomic E-state index is -4.06. The molecule has 22 heavy (non-hydrogen) atoms. The first kappa shape index (κ1) is 16.4. The Labute approximate surface area is 135 Å². The van der Waals surface area contributed by atoms with Gasteiger partial charge in [-0.1, -0.05) is 6.07 Å². The van der Waals surface area contributed by atoms with E-state index < -0.39 is 27.4 Å². The number of rotatable bonds is 4. The van der Waals surface area contributed by atoms with Crippen LogP contribution < -0.4 is 9.83 Å². The zero-order valence-corrected chi connectivity index (χ0v) is 13.7. The van der Waals surface area contributed by atoms with Crippen molar-refractivity contribution in [2.45, 2.75) is 11.8 Å². The van der Waals surface area contributed by atoms with Gasteiger partial charge in [0, 0.05) is 10.0 Å². The van der Waals surface area contributed by atoms with Gasteiger partial charge in [-0.2, -0.15) is 0 Å². The van der Waals surface area contributed by atoms with E-state index in [-0.39, 0.29) is 10.6 Å². The predicted octanol–water partition coefficient (Wildman–Crippen LogP) is 2.06. The Morgan fingerprint density at radius 2 is 1.91 bits per heavy atom. The molecule has 0 aliphatic rings. The lowest BCUT2D eigenvalue weighted by Crippen LogP contribution is -2.24. The third kappa shape index (κ3) is 3.45. The van der Waals surface area contributed by atoms with Crippen LogP contribution in [0.25, 0.3) is 0 Å². The van der Waals surface area contributed by atoms with Crippen LogP contribution in [-0.4, -0.2) is 14.4 Å². The lowest BCUT2D eigenvalue weighted by molar-refractivity contribution is -0.255. The largest absolute Gasteiger partial charge is 0.545 e. The third-order valence-corrected chi connectivity index (χ3v) is 4.86. The molecule has 2 aromatic carbocycles. The van der Waals surface area contributed by atoms with Crippen molar-refractivity contribution < 1.29 is 22.7 Å². The van der Waals surface area contributed by atoms with E-state index in [1.807, 2.05) is 6.92 Å². The second kappa shape index (κ2) is 6.05. The van der Waals surface area contributed by atoms with Gasteiger partial charge < -0.3 is 9.90 Å². The fourth-order valence-electron chi connectivity index (χ4n) is 1.73. The van der Waals surface area contributed by atoms with Crippen LogP contribution in [0, 0.1) is 12.7 Å². The molecule has 0 saturated carbocycles. The molecular weight excluding hydrogens is 377 g/mol. The highest BCUT2D eigenvalue weighted by molar-refractivity contribution is 9.10. The second-order valence-corrected chi connectivity index (χ2v) is 7.05. The Morgan fingerprint density at radius 1 is 1.23 bits per heavy atom. The number of carbonyl (C=O) groups is 1. The number of aryl methyl sites for hydroxylation is 1. The molecule has 0 fully saturated rings. The maximum Gasteiger partial charge on any atom is 0.261 e. The first-order valence-corrected chi connectivity index (χ1v) is 8.28. The van der Waals surface area contributed by atoms with Gasteiger partial charge in [-0.05, 0) is 58.7 Å². The molecular formula is C14H10BrFNO4S-. The summed E-state index contributed by atoms with van der Waals surface area (Å²) in [6.45, 7) is 1.84. The Morgan fingerprint density at radius 3 is 2.50 bits per heavy atom. The van der Waals surface area contributed by atoms with Crippen LogP contribution in [0.4, 0.5) is 10.1 Å². The van der Waals surface area contributed by atoms with Crippen LogP contribution in [0.2, 0.25) is 0 Å².